The molecule has 23 heavy (non-hydrogen) atoms. The van der Waals surface area contributed by atoms with Crippen molar-refractivity contribution in [1.29, 1.82) is 0 Å². The van der Waals surface area contributed by atoms with Gasteiger partial charge in [-0.1, -0.05) is 85.3 Å². The summed E-state index contributed by atoms with van der Waals surface area (Å²) in [5.74, 6) is 0.436. The van der Waals surface area contributed by atoms with Crippen LogP contribution >= 0.6 is 0 Å². The van der Waals surface area contributed by atoms with Crippen LogP contribution in [0.25, 0.3) is 11.1 Å². The van der Waals surface area contributed by atoms with E-state index in [2.05, 4.69) is 93.6 Å². The first kappa shape index (κ1) is 15.6. The lowest BCUT2D eigenvalue weighted by molar-refractivity contribution is 0.778. The third-order valence-corrected chi connectivity index (χ3v) is 4.63. The molecule has 0 N–H and O–H groups in total. The van der Waals surface area contributed by atoms with E-state index in [9.17, 15) is 0 Å². The Balaban J connectivity index is 2.18. The zero-order valence-corrected chi connectivity index (χ0v) is 14.2. The molecule has 0 saturated heterocycles. The maximum absolute atomic E-state index is 2.34. The maximum atomic E-state index is 2.34. The second kappa shape index (κ2) is 6.83. The van der Waals surface area contributed by atoms with Gasteiger partial charge in [0.05, 0.1) is 0 Å². The minimum absolute atomic E-state index is 0.436. The Morgan fingerprint density at radius 2 is 1.43 bits per heavy atom. The van der Waals surface area contributed by atoms with E-state index in [0.717, 1.165) is 6.42 Å². The largest absolute Gasteiger partial charge is 0.0645 e. The first-order valence-corrected chi connectivity index (χ1v) is 8.42. The first-order chi connectivity index (χ1) is 11.2. The molecule has 0 spiro atoms. The third-order valence-electron chi connectivity index (χ3n) is 4.63. The summed E-state index contributed by atoms with van der Waals surface area (Å²) < 4.78 is 0. The predicted molar refractivity (Wildman–Crippen MR) is 99.9 cm³/mol. The zero-order valence-electron chi connectivity index (χ0n) is 14.2. The maximum Gasteiger partial charge on any atom is 0.00928 e. The minimum Gasteiger partial charge on any atom is -0.0645 e. The Bertz CT molecular complexity index is 784. The average Bonchev–Trinajstić information content (AvgIpc) is 2.58. The Labute approximate surface area is 139 Å². The summed E-state index contributed by atoms with van der Waals surface area (Å²) in [6, 6.07) is 26.4. The molecule has 3 rings (SSSR count). The Morgan fingerprint density at radius 1 is 0.739 bits per heavy atom. The van der Waals surface area contributed by atoms with Crippen LogP contribution in [0, 0.1) is 13.8 Å². The molecule has 3 aromatic rings. The SMILES string of the molecule is CCC(c1ccccc1)c1ccc(C)cc1-c1ccccc1C. The van der Waals surface area contributed by atoms with Gasteiger partial charge >= 0.3 is 0 Å². The molecule has 0 nitrogen and oxygen atoms in total. The van der Waals surface area contributed by atoms with Gasteiger partial charge in [0.25, 0.3) is 0 Å². The van der Waals surface area contributed by atoms with E-state index in [1.54, 1.807) is 0 Å². The minimum atomic E-state index is 0.436. The molecule has 0 heterocycles. The summed E-state index contributed by atoms with van der Waals surface area (Å²) in [5, 5.41) is 0. The lowest BCUT2D eigenvalue weighted by Crippen LogP contribution is -2.03. The van der Waals surface area contributed by atoms with E-state index in [1.807, 2.05) is 0 Å². The Hall–Kier alpha value is -2.34. The highest BCUT2D eigenvalue weighted by molar-refractivity contribution is 5.72. The molecule has 0 heteroatoms. The van der Waals surface area contributed by atoms with Gasteiger partial charge in [-0.25, -0.2) is 0 Å². The molecule has 0 saturated carbocycles. The second-order valence-electron chi connectivity index (χ2n) is 6.28. The van der Waals surface area contributed by atoms with Crippen LogP contribution in [0.1, 0.15) is 41.5 Å². The van der Waals surface area contributed by atoms with Crippen molar-refractivity contribution in [3.8, 4) is 11.1 Å². The highest BCUT2D eigenvalue weighted by Crippen LogP contribution is 2.37. The van der Waals surface area contributed by atoms with Gasteiger partial charge in [-0.15, -0.1) is 0 Å². The summed E-state index contributed by atoms with van der Waals surface area (Å²) in [7, 11) is 0. The lowest BCUT2D eigenvalue weighted by Gasteiger charge is -2.21. The average molecular weight is 300 g/mol. The number of hydrogen-bond acceptors (Lipinski definition) is 0. The van der Waals surface area contributed by atoms with Crippen LogP contribution in [0.5, 0.6) is 0 Å². The van der Waals surface area contributed by atoms with Crippen LogP contribution in [-0.2, 0) is 0 Å². The zero-order chi connectivity index (χ0) is 16.2. The van der Waals surface area contributed by atoms with Crippen LogP contribution < -0.4 is 0 Å². The number of rotatable bonds is 4. The molecule has 0 aliphatic carbocycles. The number of hydrogen-bond donors (Lipinski definition) is 0. The van der Waals surface area contributed by atoms with Crippen molar-refractivity contribution < 1.29 is 0 Å². The standard InChI is InChI=1S/C23H24/c1-4-20(19-11-6-5-7-12-19)22-15-14-17(2)16-23(22)21-13-9-8-10-18(21)3/h5-16,20H,4H2,1-3H3. The van der Waals surface area contributed by atoms with E-state index < -0.39 is 0 Å². The molecule has 0 aromatic heterocycles. The molecular formula is C23H24. The highest BCUT2D eigenvalue weighted by Gasteiger charge is 2.17. The normalized spacial score (nSPS) is 12.1. The molecule has 0 radical (unpaired) electrons. The predicted octanol–water partition coefficient (Wildman–Crippen LogP) is 6.51. The van der Waals surface area contributed by atoms with Crippen molar-refractivity contribution in [2.45, 2.75) is 33.1 Å². The van der Waals surface area contributed by atoms with E-state index >= 15 is 0 Å². The molecule has 0 bridgehead atoms. The molecule has 1 atom stereocenters. The molecule has 0 fully saturated rings. The van der Waals surface area contributed by atoms with Crippen LogP contribution in [0.3, 0.4) is 0 Å². The van der Waals surface area contributed by atoms with Gasteiger partial charge < -0.3 is 0 Å². The summed E-state index contributed by atoms with van der Waals surface area (Å²) in [5.41, 5.74) is 8.20. The van der Waals surface area contributed by atoms with Crippen LogP contribution in [0.2, 0.25) is 0 Å². The summed E-state index contributed by atoms with van der Waals surface area (Å²) in [4.78, 5) is 0. The van der Waals surface area contributed by atoms with Crippen molar-refractivity contribution in [3.63, 3.8) is 0 Å². The van der Waals surface area contributed by atoms with Crippen molar-refractivity contribution in [1.82, 2.24) is 0 Å². The van der Waals surface area contributed by atoms with Crippen molar-refractivity contribution in [2.75, 3.05) is 0 Å². The van der Waals surface area contributed by atoms with Crippen LogP contribution in [0.15, 0.2) is 72.8 Å². The molecule has 0 amide bonds. The first-order valence-electron chi connectivity index (χ1n) is 8.42. The fourth-order valence-electron chi connectivity index (χ4n) is 3.40. The van der Waals surface area contributed by atoms with Crippen molar-refractivity contribution in [3.05, 3.63) is 95.1 Å². The topological polar surface area (TPSA) is 0 Å². The lowest BCUT2D eigenvalue weighted by atomic mass is 9.83. The fourth-order valence-corrected chi connectivity index (χ4v) is 3.40. The van der Waals surface area contributed by atoms with Gasteiger partial charge in [0.15, 0.2) is 0 Å². The number of benzene rings is 3. The second-order valence-corrected chi connectivity index (χ2v) is 6.28. The van der Waals surface area contributed by atoms with E-state index in [0.29, 0.717) is 5.92 Å². The molecule has 0 aliphatic rings. The van der Waals surface area contributed by atoms with Crippen LogP contribution in [0.4, 0.5) is 0 Å². The summed E-state index contributed by atoms with van der Waals surface area (Å²) in [6.07, 6.45) is 1.10. The number of aryl methyl sites for hydroxylation is 2. The summed E-state index contributed by atoms with van der Waals surface area (Å²) in [6.45, 7) is 6.65. The monoisotopic (exact) mass is 300 g/mol. The smallest absolute Gasteiger partial charge is 0.00928 e. The quantitative estimate of drug-likeness (QED) is 0.515. The van der Waals surface area contributed by atoms with Gasteiger partial charge in [-0.3, -0.25) is 0 Å². The van der Waals surface area contributed by atoms with Crippen LogP contribution in [-0.4, -0.2) is 0 Å². The molecule has 3 aromatic carbocycles. The molecular weight excluding hydrogens is 276 g/mol. The van der Waals surface area contributed by atoms with Gasteiger partial charge in [0.1, 0.15) is 0 Å². The molecule has 0 aliphatic heterocycles. The molecule has 1 unspecified atom stereocenters. The molecule has 116 valence electrons. The van der Waals surface area contributed by atoms with E-state index in [1.165, 1.54) is 33.4 Å². The van der Waals surface area contributed by atoms with Gasteiger partial charge in [-0.05, 0) is 48.1 Å². The summed E-state index contributed by atoms with van der Waals surface area (Å²) >= 11 is 0. The Morgan fingerprint density at radius 3 is 2.13 bits per heavy atom. The van der Waals surface area contributed by atoms with Crippen molar-refractivity contribution >= 4 is 0 Å². The fraction of sp³-hybridized carbons (Fsp3) is 0.217. The van der Waals surface area contributed by atoms with Gasteiger partial charge in [0.2, 0.25) is 0 Å². The van der Waals surface area contributed by atoms with Gasteiger partial charge in [0, 0.05) is 5.92 Å². The van der Waals surface area contributed by atoms with E-state index in [-0.39, 0.29) is 0 Å². The van der Waals surface area contributed by atoms with Gasteiger partial charge in [-0.2, -0.15) is 0 Å². The third kappa shape index (κ3) is 3.22. The Kier molecular flexibility index (Phi) is 4.62. The van der Waals surface area contributed by atoms with E-state index in [4.69, 9.17) is 0 Å². The highest BCUT2D eigenvalue weighted by atomic mass is 14.2. The van der Waals surface area contributed by atoms with Crippen molar-refractivity contribution in [2.24, 2.45) is 0 Å².